The average Bonchev–Trinajstić information content (AvgIpc) is 3.21. The molecule has 8 heteroatoms. The molecule has 0 saturated heterocycles. The summed E-state index contributed by atoms with van der Waals surface area (Å²) in [5.74, 6) is 0.550. The molecule has 174 valence electrons. The molecule has 0 atom stereocenters. The maximum atomic E-state index is 13.3. The number of ether oxygens (including phenoxy) is 2. The molecule has 1 aliphatic rings. The van der Waals surface area contributed by atoms with E-state index in [0.29, 0.717) is 41.2 Å². The van der Waals surface area contributed by atoms with Crippen LogP contribution in [0.4, 0.5) is 5.69 Å². The molecule has 33 heavy (non-hydrogen) atoms. The number of aliphatic hydroxyl groups is 1. The van der Waals surface area contributed by atoms with Crippen LogP contribution in [0.5, 0.6) is 5.75 Å². The summed E-state index contributed by atoms with van der Waals surface area (Å²) < 4.78 is 13.1. The number of halogens is 2. The number of hydrogen-bond donors (Lipinski definition) is 1. The molecule has 4 rings (SSSR count). The monoisotopic (exact) mass is 488 g/mol. The summed E-state index contributed by atoms with van der Waals surface area (Å²) in [5, 5.41) is 10.8. The predicted molar refractivity (Wildman–Crippen MR) is 131 cm³/mol. The van der Waals surface area contributed by atoms with Crippen molar-refractivity contribution in [2.75, 3.05) is 25.2 Å². The van der Waals surface area contributed by atoms with Gasteiger partial charge in [0.15, 0.2) is 0 Å². The van der Waals surface area contributed by atoms with Crippen molar-refractivity contribution in [3.8, 4) is 16.9 Å². The van der Waals surface area contributed by atoms with Crippen molar-refractivity contribution in [3.63, 3.8) is 0 Å². The Bertz CT molecular complexity index is 1180. The minimum Gasteiger partial charge on any atom is -0.496 e. The number of nitrogens with zero attached hydrogens (tertiary/aromatic N) is 2. The molecule has 2 heterocycles. The SMILES string of the molecule is COc1cc(N2CCn3cc(-c4ccc(Cl)c(Cl)c4)cc3C2=O)ccc1COCC(C)(C)O. The second kappa shape index (κ2) is 9.39. The fourth-order valence-electron chi connectivity index (χ4n) is 3.83. The van der Waals surface area contributed by atoms with E-state index in [1.807, 2.05) is 41.1 Å². The van der Waals surface area contributed by atoms with Gasteiger partial charge in [-0.3, -0.25) is 4.79 Å². The van der Waals surface area contributed by atoms with Gasteiger partial charge in [0.2, 0.25) is 0 Å². The highest BCUT2D eigenvalue weighted by atomic mass is 35.5. The van der Waals surface area contributed by atoms with Crippen LogP contribution in [0, 0.1) is 0 Å². The normalized spacial score (nSPS) is 13.9. The summed E-state index contributed by atoms with van der Waals surface area (Å²) in [7, 11) is 1.59. The number of anilines is 1. The topological polar surface area (TPSA) is 63.9 Å². The highest BCUT2D eigenvalue weighted by Gasteiger charge is 2.27. The Morgan fingerprint density at radius 2 is 1.82 bits per heavy atom. The standard InChI is InChI=1S/C25H26Cl2N2O4/c1-25(2,31)15-33-14-17-4-6-19(12-23(17)32-3)29-9-8-28-13-18(11-22(28)24(29)30)16-5-7-20(26)21(27)10-16/h4-7,10-13,31H,8-9,14-15H2,1-3H3. The molecule has 1 aromatic heterocycles. The molecule has 1 amide bonds. The van der Waals surface area contributed by atoms with Gasteiger partial charge >= 0.3 is 0 Å². The van der Waals surface area contributed by atoms with Gasteiger partial charge in [-0.25, -0.2) is 0 Å². The molecule has 0 bridgehead atoms. The number of aromatic nitrogens is 1. The summed E-state index contributed by atoms with van der Waals surface area (Å²) in [6.07, 6.45) is 1.97. The Hall–Kier alpha value is -2.51. The molecule has 0 fully saturated rings. The molecule has 1 aliphatic heterocycles. The first-order valence-corrected chi connectivity index (χ1v) is 11.4. The van der Waals surface area contributed by atoms with Gasteiger partial charge in [-0.2, -0.15) is 0 Å². The van der Waals surface area contributed by atoms with Gasteiger partial charge in [0.05, 0.1) is 36.0 Å². The lowest BCUT2D eigenvalue weighted by molar-refractivity contribution is -0.0272. The van der Waals surface area contributed by atoms with E-state index in [1.54, 1.807) is 38.0 Å². The first-order chi connectivity index (χ1) is 15.7. The Balaban J connectivity index is 1.55. The summed E-state index contributed by atoms with van der Waals surface area (Å²) in [6.45, 7) is 5.11. The van der Waals surface area contributed by atoms with Gasteiger partial charge in [0.1, 0.15) is 11.4 Å². The van der Waals surface area contributed by atoms with Gasteiger partial charge in [-0.15, -0.1) is 0 Å². The summed E-state index contributed by atoms with van der Waals surface area (Å²) >= 11 is 12.2. The van der Waals surface area contributed by atoms with E-state index in [4.69, 9.17) is 32.7 Å². The number of rotatable bonds is 7. The molecular formula is C25H26Cl2N2O4. The van der Waals surface area contributed by atoms with Crippen LogP contribution in [0.15, 0.2) is 48.7 Å². The van der Waals surface area contributed by atoms with E-state index >= 15 is 0 Å². The fourth-order valence-corrected chi connectivity index (χ4v) is 4.13. The first kappa shape index (κ1) is 23.6. The number of methoxy groups -OCH3 is 1. The van der Waals surface area contributed by atoms with Crippen molar-refractivity contribution in [3.05, 3.63) is 70.0 Å². The molecule has 0 saturated carbocycles. The van der Waals surface area contributed by atoms with Crippen LogP contribution >= 0.6 is 23.2 Å². The van der Waals surface area contributed by atoms with Crippen molar-refractivity contribution in [2.24, 2.45) is 0 Å². The number of fused-ring (bicyclic) bond motifs is 1. The number of carbonyl (C=O) groups excluding carboxylic acids is 1. The van der Waals surface area contributed by atoms with Crippen molar-refractivity contribution in [2.45, 2.75) is 32.6 Å². The zero-order valence-corrected chi connectivity index (χ0v) is 20.3. The smallest absolute Gasteiger partial charge is 0.274 e. The van der Waals surface area contributed by atoms with Crippen LogP contribution in [0.2, 0.25) is 10.0 Å². The van der Waals surface area contributed by atoms with Gasteiger partial charge in [0, 0.05) is 42.2 Å². The molecular weight excluding hydrogens is 463 g/mol. The van der Waals surface area contributed by atoms with Crippen LogP contribution in [0.3, 0.4) is 0 Å². The van der Waals surface area contributed by atoms with E-state index in [9.17, 15) is 9.90 Å². The molecule has 1 N–H and O–H groups in total. The quantitative estimate of drug-likeness (QED) is 0.482. The fraction of sp³-hybridized carbons (Fsp3) is 0.320. The van der Waals surface area contributed by atoms with E-state index in [0.717, 1.165) is 22.4 Å². The molecule has 2 aromatic carbocycles. The van der Waals surface area contributed by atoms with Crippen molar-refractivity contribution < 1.29 is 19.4 Å². The lowest BCUT2D eigenvalue weighted by Gasteiger charge is -2.29. The summed E-state index contributed by atoms with van der Waals surface area (Å²) in [5.41, 5.74) is 3.13. The third kappa shape index (κ3) is 5.20. The zero-order chi connectivity index (χ0) is 23.8. The number of carbonyl (C=O) groups is 1. The van der Waals surface area contributed by atoms with Gasteiger partial charge < -0.3 is 24.0 Å². The van der Waals surface area contributed by atoms with Crippen LogP contribution in [-0.4, -0.2) is 41.4 Å². The van der Waals surface area contributed by atoms with E-state index < -0.39 is 5.60 Å². The number of benzene rings is 2. The number of hydrogen-bond acceptors (Lipinski definition) is 4. The Morgan fingerprint density at radius 1 is 1.03 bits per heavy atom. The average molecular weight is 489 g/mol. The maximum Gasteiger partial charge on any atom is 0.274 e. The molecule has 0 spiro atoms. The van der Waals surface area contributed by atoms with Crippen molar-refractivity contribution in [1.82, 2.24) is 4.57 Å². The van der Waals surface area contributed by atoms with Gasteiger partial charge in [-0.05, 0) is 43.7 Å². The molecule has 0 aliphatic carbocycles. The molecule has 6 nitrogen and oxygen atoms in total. The largest absolute Gasteiger partial charge is 0.496 e. The summed E-state index contributed by atoms with van der Waals surface area (Å²) in [6, 6.07) is 13.0. The van der Waals surface area contributed by atoms with Gasteiger partial charge in [-0.1, -0.05) is 35.3 Å². The van der Waals surface area contributed by atoms with Crippen molar-refractivity contribution in [1.29, 1.82) is 0 Å². The summed E-state index contributed by atoms with van der Waals surface area (Å²) in [4.78, 5) is 15.1. The lowest BCUT2D eigenvalue weighted by atomic mass is 10.1. The third-order valence-electron chi connectivity index (χ3n) is 5.47. The minimum absolute atomic E-state index is 0.0827. The third-order valence-corrected chi connectivity index (χ3v) is 6.21. The highest BCUT2D eigenvalue weighted by molar-refractivity contribution is 6.42. The number of amides is 1. The predicted octanol–water partition coefficient (Wildman–Crippen LogP) is 5.42. The Kier molecular flexibility index (Phi) is 6.73. The second-order valence-corrected chi connectivity index (χ2v) is 9.51. The molecule has 0 radical (unpaired) electrons. The first-order valence-electron chi connectivity index (χ1n) is 10.6. The molecule has 0 unspecified atom stereocenters. The maximum absolute atomic E-state index is 13.3. The van der Waals surface area contributed by atoms with Gasteiger partial charge in [0.25, 0.3) is 5.91 Å². The van der Waals surface area contributed by atoms with Crippen LogP contribution < -0.4 is 9.64 Å². The van der Waals surface area contributed by atoms with Crippen LogP contribution in [-0.2, 0) is 17.9 Å². The van der Waals surface area contributed by atoms with Crippen LogP contribution in [0.1, 0.15) is 29.9 Å². The van der Waals surface area contributed by atoms with E-state index in [1.165, 1.54) is 0 Å². The van der Waals surface area contributed by atoms with Crippen LogP contribution in [0.25, 0.3) is 11.1 Å². The highest BCUT2D eigenvalue weighted by Crippen LogP contribution is 2.33. The van der Waals surface area contributed by atoms with E-state index in [2.05, 4.69) is 0 Å². The van der Waals surface area contributed by atoms with E-state index in [-0.39, 0.29) is 12.5 Å². The van der Waals surface area contributed by atoms with Crippen molar-refractivity contribution >= 4 is 34.8 Å². The Labute approximate surface area is 203 Å². The lowest BCUT2D eigenvalue weighted by Crippen LogP contribution is -2.39. The minimum atomic E-state index is -0.904. The Morgan fingerprint density at radius 3 is 2.52 bits per heavy atom. The zero-order valence-electron chi connectivity index (χ0n) is 18.8. The molecule has 3 aromatic rings. The second-order valence-electron chi connectivity index (χ2n) is 8.69.